The molecule has 0 saturated carbocycles. The van der Waals surface area contributed by atoms with Crippen LogP contribution >= 0.6 is 0 Å². The smallest absolute Gasteiger partial charge is 0.247 e. The number of carbonyl (C=O) groups excluding carboxylic acids is 1. The first kappa shape index (κ1) is 13.5. The van der Waals surface area contributed by atoms with E-state index >= 15 is 0 Å². The van der Waals surface area contributed by atoms with Gasteiger partial charge in [0, 0.05) is 17.6 Å². The standard InChI is InChI=1S/C15H17N5O/c1-2-14(21)19-11-4-5-12-13(8-11)17-9-18-15(12)20-7-3-6-16-10-20/h2,4-5,8-9,16H,1,3,6-7,10H2,(H,19,21). The molecule has 21 heavy (non-hydrogen) atoms. The summed E-state index contributed by atoms with van der Waals surface area (Å²) in [6, 6.07) is 5.64. The molecule has 0 aliphatic carbocycles. The lowest BCUT2D eigenvalue weighted by molar-refractivity contribution is -0.111. The molecule has 0 bridgehead atoms. The van der Waals surface area contributed by atoms with Crippen molar-refractivity contribution in [3.63, 3.8) is 0 Å². The van der Waals surface area contributed by atoms with Gasteiger partial charge in [0.15, 0.2) is 0 Å². The number of fused-ring (bicyclic) bond motifs is 1. The molecule has 1 aliphatic heterocycles. The van der Waals surface area contributed by atoms with E-state index in [2.05, 4.69) is 32.1 Å². The van der Waals surface area contributed by atoms with Crippen molar-refractivity contribution in [3.8, 4) is 0 Å². The van der Waals surface area contributed by atoms with Gasteiger partial charge in [0.25, 0.3) is 0 Å². The van der Waals surface area contributed by atoms with Crippen LogP contribution in [0.4, 0.5) is 11.5 Å². The summed E-state index contributed by atoms with van der Waals surface area (Å²) in [5.41, 5.74) is 1.52. The van der Waals surface area contributed by atoms with Crippen LogP contribution in [0.2, 0.25) is 0 Å². The van der Waals surface area contributed by atoms with Crippen LogP contribution in [-0.2, 0) is 4.79 Å². The van der Waals surface area contributed by atoms with E-state index in [0.29, 0.717) is 5.69 Å². The van der Waals surface area contributed by atoms with E-state index in [1.54, 1.807) is 6.33 Å². The van der Waals surface area contributed by atoms with Crippen molar-refractivity contribution in [2.24, 2.45) is 0 Å². The minimum absolute atomic E-state index is 0.233. The van der Waals surface area contributed by atoms with Crippen LogP contribution in [-0.4, -0.2) is 35.6 Å². The summed E-state index contributed by atoms with van der Waals surface area (Å²) in [5, 5.41) is 7.06. The quantitative estimate of drug-likeness (QED) is 0.836. The Morgan fingerprint density at radius 3 is 3.10 bits per heavy atom. The predicted octanol–water partition coefficient (Wildman–Crippen LogP) is 1.51. The first-order chi connectivity index (χ1) is 10.3. The van der Waals surface area contributed by atoms with Crippen LogP contribution in [0.5, 0.6) is 0 Å². The third-order valence-corrected chi connectivity index (χ3v) is 3.45. The lowest BCUT2D eigenvalue weighted by Gasteiger charge is -2.29. The second-order valence-electron chi connectivity index (χ2n) is 4.90. The Labute approximate surface area is 122 Å². The normalized spacial score (nSPS) is 15.0. The van der Waals surface area contributed by atoms with Crippen molar-refractivity contribution in [3.05, 3.63) is 37.2 Å². The summed E-state index contributed by atoms with van der Waals surface area (Å²) in [4.78, 5) is 22.3. The van der Waals surface area contributed by atoms with Gasteiger partial charge >= 0.3 is 0 Å². The number of rotatable bonds is 3. The first-order valence-electron chi connectivity index (χ1n) is 6.92. The number of hydrogen-bond acceptors (Lipinski definition) is 5. The fraction of sp³-hybridized carbons (Fsp3) is 0.267. The summed E-state index contributed by atoms with van der Waals surface area (Å²) >= 11 is 0. The third-order valence-electron chi connectivity index (χ3n) is 3.45. The molecule has 1 fully saturated rings. The van der Waals surface area contributed by atoms with Gasteiger partial charge in [-0.3, -0.25) is 10.1 Å². The van der Waals surface area contributed by atoms with Crippen LogP contribution in [0.1, 0.15) is 6.42 Å². The van der Waals surface area contributed by atoms with Gasteiger partial charge in [0.05, 0.1) is 12.2 Å². The molecule has 1 aliphatic rings. The number of hydrogen-bond donors (Lipinski definition) is 2. The third kappa shape index (κ3) is 2.85. The van der Waals surface area contributed by atoms with Crippen molar-refractivity contribution < 1.29 is 4.79 Å². The number of aromatic nitrogens is 2. The SMILES string of the molecule is C=CC(=O)Nc1ccc2c(N3CCCNC3)ncnc2c1. The largest absolute Gasteiger partial charge is 0.343 e. The second kappa shape index (κ2) is 5.88. The maximum atomic E-state index is 11.4. The molecule has 1 aromatic heterocycles. The molecule has 108 valence electrons. The zero-order chi connectivity index (χ0) is 14.7. The molecular formula is C15H17N5O. The fourth-order valence-corrected chi connectivity index (χ4v) is 2.43. The Hall–Kier alpha value is -2.47. The van der Waals surface area contributed by atoms with Crippen LogP contribution in [0.25, 0.3) is 10.9 Å². The Bertz CT molecular complexity index is 679. The summed E-state index contributed by atoms with van der Waals surface area (Å²) < 4.78 is 0. The van der Waals surface area contributed by atoms with E-state index < -0.39 is 0 Å². The van der Waals surface area contributed by atoms with Crippen LogP contribution in [0.15, 0.2) is 37.2 Å². The van der Waals surface area contributed by atoms with Gasteiger partial charge in [0.1, 0.15) is 12.1 Å². The topological polar surface area (TPSA) is 70.2 Å². The first-order valence-corrected chi connectivity index (χ1v) is 6.92. The van der Waals surface area contributed by atoms with E-state index in [9.17, 15) is 4.79 Å². The molecule has 0 radical (unpaired) electrons. The Kier molecular flexibility index (Phi) is 3.79. The molecule has 1 amide bonds. The van der Waals surface area contributed by atoms with E-state index in [4.69, 9.17) is 0 Å². The highest BCUT2D eigenvalue weighted by Crippen LogP contribution is 2.25. The zero-order valence-electron chi connectivity index (χ0n) is 11.7. The molecule has 2 heterocycles. The van der Waals surface area contributed by atoms with Crippen molar-refractivity contribution in [2.75, 3.05) is 30.0 Å². The van der Waals surface area contributed by atoms with Gasteiger partial charge < -0.3 is 10.2 Å². The van der Waals surface area contributed by atoms with E-state index in [1.807, 2.05) is 18.2 Å². The molecule has 1 aromatic carbocycles. The molecule has 0 unspecified atom stereocenters. The van der Waals surface area contributed by atoms with E-state index in [1.165, 1.54) is 6.08 Å². The highest BCUT2D eigenvalue weighted by atomic mass is 16.1. The van der Waals surface area contributed by atoms with Crippen LogP contribution in [0.3, 0.4) is 0 Å². The minimum Gasteiger partial charge on any atom is -0.343 e. The molecule has 6 heteroatoms. The zero-order valence-corrected chi connectivity index (χ0v) is 11.7. The average molecular weight is 283 g/mol. The number of nitrogens with zero attached hydrogens (tertiary/aromatic N) is 3. The Morgan fingerprint density at radius 2 is 2.33 bits per heavy atom. The molecular weight excluding hydrogens is 266 g/mol. The van der Waals surface area contributed by atoms with Gasteiger partial charge in [-0.05, 0) is 37.2 Å². The second-order valence-corrected chi connectivity index (χ2v) is 4.90. The molecule has 1 saturated heterocycles. The van der Waals surface area contributed by atoms with Crippen LogP contribution < -0.4 is 15.5 Å². The molecule has 3 rings (SSSR count). The highest BCUT2D eigenvalue weighted by molar-refractivity contribution is 6.01. The summed E-state index contributed by atoms with van der Waals surface area (Å²) in [6.45, 7) is 6.25. The number of benzene rings is 1. The summed E-state index contributed by atoms with van der Waals surface area (Å²) in [6.07, 6.45) is 3.90. The number of nitrogens with one attached hydrogen (secondary N) is 2. The number of anilines is 2. The fourth-order valence-electron chi connectivity index (χ4n) is 2.43. The van der Waals surface area contributed by atoms with Gasteiger partial charge in [-0.25, -0.2) is 9.97 Å². The van der Waals surface area contributed by atoms with E-state index in [0.717, 1.165) is 42.9 Å². The van der Waals surface area contributed by atoms with Crippen molar-refractivity contribution in [1.82, 2.24) is 15.3 Å². The minimum atomic E-state index is -0.233. The van der Waals surface area contributed by atoms with Gasteiger partial charge in [-0.2, -0.15) is 0 Å². The summed E-state index contributed by atoms with van der Waals surface area (Å²) in [7, 11) is 0. The molecule has 2 N–H and O–H groups in total. The average Bonchev–Trinajstić information content (AvgIpc) is 2.54. The van der Waals surface area contributed by atoms with Crippen molar-refractivity contribution >= 4 is 28.3 Å². The molecule has 0 spiro atoms. The summed E-state index contributed by atoms with van der Waals surface area (Å²) in [5.74, 6) is 0.692. The molecule has 0 atom stereocenters. The van der Waals surface area contributed by atoms with Gasteiger partial charge in [-0.15, -0.1) is 0 Å². The Balaban J connectivity index is 1.96. The number of carbonyl (C=O) groups is 1. The molecule has 2 aromatic rings. The maximum Gasteiger partial charge on any atom is 0.247 e. The monoisotopic (exact) mass is 283 g/mol. The molecule has 6 nitrogen and oxygen atoms in total. The Morgan fingerprint density at radius 1 is 1.43 bits per heavy atom. The van der Waals surface area contributed by atoms with Crippen molar-refractivity contribution in [2.45, 2.75) is 6.42 Å². The van der Waals surface area contributed by atoms with E-state index in [-0.39, 0.29) is 5.91 Å². The lowest BCUT2D eigenvalue weighted by Crippen LogP contribution is -2.42. The lowest BCUT2D eigenvalue weighted by atomic mass is 10.2. The maximum absolute atomic E-state index is 11.4. The van der Waals surface area contributed by atoms with Gasteiger partial charge in [-0.1, -0.05) is 6.58 Å². The predicted molar refractivity (Wildman–Crippen MR) is 83.2 cm³/mol. The number of amides is 1. The highest BCUT2D eigenvalue weighted by Gasteiger charge is 2.15. The van der Waals surface area contributed by atoms with Crippen LogP contribution in [0, 0.1) is 0 Å². The van der Waals surface area contributed by atoms with Crippen molar-refractivity contribution in [1.29, 1.82) is 0 Å². The van der Waals surface area contributed by atoms with Gasteiger partial charge in [0.2, 0.25) is 5.91 Å².